The molecule has 3 aromatic rings. The molecule has 2 heterocycles. The van der Waals surface area contributed by atoms with Gasteiger partial charge in [-0.05, 0) is 57.9 Å². The van der Waals surface area contributed by atoms with Gasteiger partial charge >= 0.3 is 11.9 Å². The van der Waals surface area contributed by atoms with Gasteiger partial charge in [0.15, 0.2) is 5.13 Å². The molecule has 192 valence electrons. The topological polar surface area (TPSA) is 89.9 Å². The number of aryl methyl sites for hydroxylation is 1. The molecule has 0 fully saturated rings. The van der Waals surface area contributed by atoms with E-state index in [9.17, 15) is 9.59 Å². The van der Waals surface area contributed by atoms with Crippen molar-refractivity contribution < 1.29 is 19.1 Å². The molecule has 0 aliphatic carbocycles. The molecule has 0 saturated carbocycles. The Morgan fingerprint density at radius 2 is 1.70 bits per heavy atom. The maximum atomic E-state index is 13.1. The first kappa shape index (κ1) is 26.3. The van der Waals surface area contributed by atoms with Gasteiger partial charge in [-0.3, -0.25) is 9.79 Å². The van der Waals surface area contributed by atoms with Crippen LogP contribution < -0.4 is 5.32 Å². The van der Waals surface area contributed by atoms with Crippen molar-refractivity contribution >= 4 is 39.8 Å². The molecule has 4 rings (SSSR count). The molecule has 1 N–H and O–H groups in total. The smallest absolute Gasteiger partial charge is 0.336 e. The first-order valence-corrected chi connectivity index (χ1v) is 13.1. The predicted octanol–water partition coefficient (Wildman–Crippen LogP) is 6.44. The minimum absolute atomic E-state index is 0.226. The molecule has 8 heteroatoms. The summed E-state index contributed by atoms with van der Waals surface area (Å²) in [5, 5.41) is 4.16. The lowest BCUT2D eigenvalue weighted by atomic mass is 9.75. The normalized spacial score (nSPS) is 17.3. The van der Waals surface area contributed by atoms with Crippen molar-refractivity contribution in [2.45, 2.75) is 40.5 Å². The highest BCUT2D eigenvalue weighted by atomic mass is 32.1. The van der Waals surface area contributed by atoms with E-state index in [1.165, 1.54) is 0 Å². The van der Waals surface area contributed by atoms with Crippen LogP contribution in [0.4, 0.5) is 10.8 Å². The second kappa shape index (κ2) is 11.5. The lowest BCUT2D eigenvalue weighted by Crippen LogP contribution is -2.36. The average Bonchev–Trinajstić information content (AvgIpc) is 3.24. The van der Waals surface area contributed by atoms with Crippen LogP contribution in [0.5, 0.6) is 0 Å². The number of ether oxygens (including phenoxy) is 2. The SMILES string of the molecule is CCOC(=O)C1=C(C)N=C(C)C(C(=O)OCC)C1c1cccc(Nc2nc(C)c(-c3ccccc3)s2)c1. The van der Waals surface area contributed by atoms with E-state index >= 15 is 0 Å². The summed E-state index contributed by atoms with van der Waals surface area (Å²) < 4.78 is 10.8. The van der Waals surface area contributed by atoms with Crippen molar-refractivity contribution in [2.24, 2.45) is 10.9 Å². The zero-order valence-corrected chi connectivity index (χ0v) is 22.5. The summed E-state index contributed by atoms with van der Waals surface area (Å²) in [5.41, 5.74) is 5.18. The molecule has 1 aromatic heterocycles. The Balaban J connectivity index is 1.72. The van der Waals surface area contributed by atoms with Crippen LogP contribution in [0, 0.1) is 12.8 Å². The summed E-state index contributed by atoms with van der Waals surface area (Å²) in [6.45, 7) is 9.55. The van der Waals surface area contributed by atoms with Crippen LogP contribution in [0.3, 0.4) is 0 Å². The Morgan fingerprint density at radius 3 is 2.41 bits per heavy atom. The Bertz CT molecular complexity index is 1360. The van der Waals surface area contributed by atoms with Gasteiger partial charge in [-0.15, -0.1) is 0 Å². The largest absolute Gasteiger partial charge is 0.465 e. The van der Waals surface area contributed by atoms with E-state index in [-0.39, 0.29) is 13.2 Å². The number of anilines is 2. The number of rotatable bonds is 8. The van der Waals surface area contributed by atoms with Gasteiger partial charge in [0, 0.05) is 23.0 Å². The van der Waals surface area contributed by atoms with Gasteiger partial charge in [0.25, 0.3) is 0 Å². The van der Waals surface area contributed by atoms with Crippen molar-refractivity contribution in [3.8, 4) is 10.4 Å². The monoisotopic (exact) mass is 517 g/mol. The molecule has 0 spiro atoms. The molecule has 7 nitrogen and oxygen atoms in total. The molecular weight excluding hydrogens is 486 g/mol. The number of carbonyl (C=O) groups excluding carboxylic acids is 2. The maximum Gasteiger partial charge on any atom is 0.336 e. The summed E-state index contributed by atoms with van der Waals surface area (Å²) in [6.07, 6.45) is 0. The number of carbonyl (C=O) groups is 2. The fraction of sp³-hybridized carbons (Fsp3) is 0.310. The number of nitrogens with zero attached hydrogens (tertiary/aromatic N) is 2. The van der Waals surface area contributed by atoms with Crippen molar-refractivity contribution in [3.63, 3.8) is 0 Å². The zero-order chi connectivity index (χ0) is 26.5. The van der Waals surface area contributed by atoms with Crippen LogP contribution in [0.2, 0.25) is 0 Å². The Hall–Kier alpha value is -3.78. The van der Waals surface area contributed by atoms with Crippen LogP contribution in [-0.2, 0) is 19.1 Å². The van der Waals surface area contributed by atoms with Crippen molar-refractivity contribution in [3.05, 3.63) is 77.1 Å². The summed E-state index contributed by atoms with van der Waals surface area (Å²) >= 11 is 1.57. The highest BCUT2D eigenvalue weighted by Gasteiger charge is 2.42. The number of esters is 2. The fourth-order valence-electron chi connectivity index (χ4n) is 4.65. The van der Waals surface area contributed by atoms with E-state index in [1.54, 1.807) is 39.0 Å². The molecule has 0 amide bonds. The van der Waals surface area contributed by atoms with Crippen LogP contribution in [-0.4, -0.2) is 35.8 Å². The Morgan fingerprint density at radius 1 is 0.973 bits per heavy atom. The van der Waals surface area contributed by atoms with Gasteiger partial charge in [0.1, 0.15) is 5.92 Å². The van der Waals surface area contributed by atoms with E-state index in [1.807, 2.05) is 49.4 Å². The van der Waals surface area contributed by atoms with Gasteiger partial charge in [-0.2, -0.15) is 0 Å². The van der Waals surface area contributed by atoms with Gasteiger partial charge in [0.05, 0.1) is 29.4 Å². The number of benzene rings is 2. The molecule has 1 aliphatic heterocycles. The van der Waals surface area contributed by atoms with Crippen LogP contribution in [0.25, 0.3) is 10.4 Å². The number of nitrogens with one attached hydrogen (secondary N) is 1. The molecular formula is C29H31N3O4S. The van der Waals surface area contributed by atoms with Gasteiger partial charge < -0.3 is 14.8 Å². The number of allylic oxidation sites excluding steroid dienone is 1. The van der Waals surface area contributed by atoms with Crippen LogP contribution >= 0.6 is 11.3 Å². The van der Waals surface area contributed by atoms with Crippen molar-refractivity contribution in [2.75, 3.05) is 18.5 Å². The Labute approximate surface area is 221 Å². The fourth-order valence-corrected chi connectivity index (χ4v) is 5.64. The minimum atomic E-state index is -0.731. The molecule has 2 atom stereocenters. The van der Waals surface area contributed by atoms with E-state index in [4.69, 9.17) is 14.5 Å². The molecule has 0 bridgehead atoms. The molecule has 0 saturated heterocycles. The number of aromatic nitrogens is 1. The highest BCUT2D eigenvalue weighted by molar-refractivity contribution is 7.19. The number of hydrogen-bond acceptors (Lipinski definition) is 8. The first-order chi connectivity index (χ1) is 17.8. The first-order valence-electron chi connectivity index (χ1n) is 12.3. The summed E-state index contributed by atoms with van der Waals surface area (Å²) in [6, 6.07) is 17.8. The third-order valence-electron chi connectivity index (χ3n) is 6.19. The van der Waals surface area contributed by atoms with Crippen molar-refractivity contribution in [1.29, 1.82) is 0 Å². The van der Waals surface area contributed by atoms with E-state index in [0.29, 0.717) is 17.0 Å². The van der Waals surface area contributed by atoms with E-state index < -0.39 is 23.8 Å². The number of thiazole rings is 1. The van der Waals surface area contributed by atoms with E-state index in [0.717, 1.165) is 32.5 Å². The van der Waals surface area contributed by atoms with Gasteiger partial charge in [-0.25, -0.2) is 9.78 Å². The zero-order valence-electron chi connectivity index (χ0n) is 21.7. The maximum absolute atomic E-state index is 13.1. The number of hydrogen-bond donors (Lipinski definition) is 1. The lowest BCUT2D eigenvalue weighted by molar-refractivity contribution is -0.146. The third-order valence-corrected chi connectivity index (χ3v) is 7.32. The highest BCUT2D eigenvalue weighted by Crippen LogP contribution is 2.41. The minimum Gasteiger partial charge on any atom is -0.465 e. The van der Waals surface area contributed by atoms with E-state index in [2.05, 4.69) is 22.4 Å². The molecule has 37 heavy (non-hydrogen) atoms. The molecule has 2 aromatic carbocycles. The Kier molecular flexibility index (Phi) is 8.18. The van der Waals surface area contributed by atoms with Gasteiger partial charge in [-0.1, -0.05) is 53.8 Å². The van der Waals surface area contributed by atoms with Gasteiger partial charge in [0.2, 0.25) is 0 Å². The summed E-state index contributed by atoms with van der Waals surface area (Å²) in [5.74, 6) is -2.21. The molecule has 0 radical (unpaired) electrons. The quantitative estimate of drug-likeness (QED) is 0.346. The number of aliphatic imine (C=N–C) groups is 1. The second-order valence-electron chi connectivity index (χ2n) is 8.73. The molecule has 1 aliphatic rings. The summed E-state index contributed by atoms with van der Waals surface area (Å²) in [4.78, 5) is 36.5. The lowest BCUT2D eigenvalue weighted by Gasteiger charge is -2.31. The van der Waals surface area contributed by atoms with Crippen molar-refractivity contribution in [1.82, 2.24) is 4.98 Å². The summed E-state index contributed by atoms with van der Waals surface area (Å²) in [7, 11) is 0. The van der Waals surface area contributed by atoms with Crippen LogP contribution in [0.1, 0.15) is 44.9 Å². The molecule has 2 unspecified atom stereocenters. The predicted molar refractivity (Wildman–Crippen MR) is 147 cm³/mol. The van der Waals surface area contributed by atoms with Crippen LogP contribution in [0.15, 0.2) is 70.9 Å². The second-order valence-corrected chi connectivity index (χ2v) is 9.73. The standard InChI is InChI=1S/C29H31N3O4S/c1-6-35-27(33)23-17(3)30-18(4)24(28(34)36-7-2)25(23)21-14-11-15-22(16-21)32-29-31-19(5)26(37-29)20-12-9-8-10-13-20/h8-16,23,25H,6-7H2,1-5H3,(H,31,32). The average molecular weight is 518 g/mol. The third kappa shape index (κ3) is 5.64.